The molecule has 0 saturated heterocycles. The van der Waals surface area contributed by atoms with Crippen molar-refractivity contribution in [2.24, 2.45) is 0 Å². The van der Waals surface area contributed by atoms with Gasteiger partial charge in [-0.25, -0.2) is 4.79 Å². The standard InChI is InChI=1S/C12H13F3N2O4/c1-11(6-21-2,10(19)20)17-9(18)7-3-4-8(16-5-7)12(13,14)15/h3-5H,6H2,1-2H3,(H,17,18)(H,19,20). The lowest BCUT2D eigenvalue weighted by Gasteiger charge is -2.25. The van der Waals surface area contributed by atoms with Gasteiger partial charge in [0.2, 0.25) is 0 Å². The van der Waals surface area contributed by atoms with Crippen LogP contribution in [0.25, 0.3) is 0 Å². The Hall–Kier alpha value is -2.16. The first-order chi connectivity index (χ1) is 9.60. The summed E-state index contributed by atoms with van der Waals surface area (Å²) in [6.45, 7) is 0.913. The molecule has 1 unspecified atom stereocenters. The highest BCUT2D eigenvalue weighted by Gasteiger charge is 2.36. The van der Waals surface area contributed by atoms with Gasteiger partial charge in [-0.05, 0) is 19.1 Å². The number of carbonyl (C=O) groups excluding carboxylic acids is 1. The molecule has 0 aliphatic heterocycles. The van der Waals surface area contributed by atoms with E-state index in [1.54, 1.807) is 0 Å². The summed E-state index contributed by atoms with van der Waals surface area (Å²) < 4.78 is 41.7. The van der Waals surface area contributed by atoms with Crippen LogP contribution in [0.4, 0.5) is 13.2 Å². The average Bonchev–Trinajstić information content (AvgIpc) is 2.37. The summed E-state index contributed by atoms with van der Waals surface area (Å²) in [4.78, 5) is 26.1. The number of carboxylic acids is 1. The lowest BCUT2D eigenvalue weighted by Crippen LogP contribution is -2.55. The van der Waals surface area contributed by atoms with Crippen molar-refractivity contribution in [1.82, 2.24) is 10.3 Å². The van der Waals surface area contributed by atoms with Crippen LogP contribution >= 0.6 is 0 Å². The van der Waals surface area contributed by atoms with Crippen LogP contribution in [0, 0.1) is 0 Å². The molecule has 9 heteroatoms. The molecule has 2 N–H and O–H groups in total. The van der Waals surface area contributed by atoms with Gasteiger partial charge in [0.1, 0.15) is 5.69 Å². The SMILES string of the molecule is COCC(C)(NC(=O)c1ccc(C(F)(F)F)nc1)C(=O)O. The number of halogens is 3. The number of alkyl halides is 3. The Morgan fingerprint density at radius 3 is 2.38 bits per heavy atom. The fraction of sp³-hybridized carbons (Fsp3) is 0.417. The van der Waals surface area contributed by atoms with Crippen LogP contribution in [0.1, 0.15) is 23.0 Å². The highest BCUT2D eigenvalue weighted by atomic mass is 19.4. The number of hydrogen-bond acceptors (Lipinski definition) is 4. The molecule has 0 radical (unpaired) electrons. The first-order valence-corrected chi connectivity index (χ1v) is 5.68. The van der Waals surface area contributed by atoms with Gasteiger partial charge in [0.15, 0.2) is 5.54 Å². The minimum atomic E-state index is -4.61. The van der Waals surface area contributed by atoms with Crippen LogP contribution in [-0.4, -0.2) is 41.2 Å². The van der Waals surface area contributed by atoms with Gasteiger partial charge in [-0.15, -0.1) is 0 Å². The molecule has 1 amide bonds. The number of amides is 1. The second-order valence-corrected chi connectivity index (χ2v) is 4.45. The predicted molar refractivity (Wildman–Crippen MR) is 64.6 cm³/mol. The molecule has 1 rings (SSSR count). The molecule has 0 aliphatic rings. The average molecular weight is 306 g/mol. The summed E-state index contributed by atoms with van der Waals surface area (Å²) in [6, 6.07) is 1.56. The first kappa shape index (κ1) is 16.9. The summed E-state index contributed by atoms with van der Waals surface area (Å²) in [6.07, 6.45) is -3.88. The van der Waals surface area contributed by atoms with Crippen molar-refractivity contribution in [1.29, 1.82) is 0 Å². The molecule has 0 spiro atoms. The van der Waals surface area contributed by atoms with Crippen molar-refractivity contribution in [3.8, 4) is 0 Å². The van der Waals surface area contributed by atoms with Crippen molar-refractivity contribution >= 4 is 11.9 Å². The molecule has 0 saturated carbocycles. The molecule has 0 aromatic carbocycles. The Labute approximate surface area is 117 Å². The number of ether oxygens (including phenoxy) is 1. The third kappa shape index (κ3) is 4.15. The van der Waals surface area contributed by atoms with Gasteiger partial charge in [-0.3, -0.25) is 9.78 Å². The Morgan fingerprint density at radius 1 is 1.38 bits per heavy atom. The van der Waals surface area contributed by atoms with Crippen LogP contribution in [0.15, 0.2) is 18.3 Å². The highest BCUT2D eigenvalue weighted by molar-refractivity contribution is 5.97. The van der Waals surface area contributed by atoms with E-state index in [0.717, 1.165) is 12.3 Å². The fourth-order valence-electron chi connectivity index (χ4n) is 1.46. The topological polar surface area (TPSA) is 88.5 Å². The second-order valence-electron chi connectivity index (χ2n) is 4.45. The minimum absolute atomic E-state index is 0.188. The van der Waals surface area contributed by atoms with Crippen molar-refractivity contribution in [3.05, 3.63) is 29.6 Å². The fourth-order valence-corrected chi connectivity index (χ4v) is 1.46. The molecule has 116 valence electrons. The van der Waals surface area contributed by atoms with Crippen LogP contribution in [0.3, 0.4) is 0 Å². The molecule has 6 nitrogen and oxygen atoms in total. The van der Waals surface area contributed by atoms with Gasteiger partial charge in [0.25, 0.3) is 5.91 Å². The van der Waals surface area contributed by atoms with Gasteiger partial charge in [-0.1, -0.05) is 0 Å². The van der Waals surface area contributed by atoms with E-state index in [4.69, 9.17) is 9.84 Å². The number of rotatable bonds is 5. The molecule has 1 heterocycles. The zero-order valence-corrected chi connectivity index (χ0v) is 11.2. The van der Waals surface area contributed by atoms with Crippen LogP contribution in [-0.2, 0) is 15.7 Å². The van der Waals surface area contributed by atoms with Crippen LogP contribution in [0.2, 0.25) is 0 Å². The summed E-state index contributed by atoms with van der Waals surface area (Å²) >= 11 is 0. The zero-order chi connectivity index (χ0) is 16.3. The molecule has 1 aromatic heterocycles. The maximum Gasteiger partial charge on any atom is 0.433 e. The van der Waals surface area contributed by atoms with E-state index in [0.29, 0.717) is 6.07 Å². The van der Waals surface area contributed by atoms with Crippen molar-refractivity contribution in [2.75, 3.05) is 13.7 Å². The summed E-state index contributed by atoms with van der Waals surface area (Å²) in [7, 11) is 1.26. The molecule has 1 aromatic rings. The van der Waals surface area contributed by atoms with E-state index in [-0.39, 0.29) is 12.2 Å². The summed E-state index contributed by atoms with van der Waals surface area (Å²) in [5.74, 6) is -2.20. The highest BCUT2D eigenvalue weighted by Crippen LogP contribution is 2.27. The number of pyridine rings is 1. The van der Waals surface area contributed by atoms with Crippen molar-refractivity contribution < 1.29 is 32.6 Å². The third-order valence-electron chi connectivity index (χ3n) is 2.61. The molecule has 0 fully saturated rings. The van der Waals surface area contributed by atoms with E-state index in [1.807, 2.05) is 0 Å². The largest absolute Gasteiger partial charge is 0.479 e. The van der Waals surface area contributed by atoms with E-state index in [1.165, 1.54) is 14.0 Å². The Balaban J connectivity index is 2.91. The number of carbonyl (C=O) groups is 2. The van der Waals surface area contributed by atoms with Gasteiger partial charge in [0, 0.05) is 13.3 Å². The summed E-state index contributed by atoms with van der Waals surface area (Å²) in [5, 5.41) is 11.2. The number of hydrogen-bond donors (Lipinski definition) is 2. The predicted octanol–water partition coefficient (Wildman–Crippen LogP) is 1.32. The molecule has 21 heavy (non-hydrogen) atoms. The minimum Gasteiger partial charge on any atom is -0.479 e. The number of methoxy groups -OCH3 is 1. The quantitative estimate of drug-likeness (QED) is 0.856. The van der Waals surface area contributed by atoms with E-state index < -0.39 is 29.3 Å². The maximum atomic E-state index is 12.3. The van der Waals surface area contributed by atoms with Gasteiger partial charge < -0.3 is 15.2 Å². The number of nitrogens with zero attached hydrogens (tertiary/aromatic N) is 1. The third-order valence-corrected chi connectivity index (χ3v) is 2.61. The number of aromatic nitrogens is 1. The molecular formula is C12H13F3N2O4. The van der Waals surface area contributed by atoms with E-state index in [2.05, 4.69) is 10.3 Å². The lowest BCUT2D eigenvalue weighted by molar-refractivity contribution is -0.146. The van der Waals surface area contributed by atoms with Crippen molar-refractivity contribution in [2.45, 2.75) is 18.6 Å². The zero-order valence-electron chi connectivity index (χ0n) is 11.2. The smallest absolute Gasteiger partial charge is 0.433 e. The molecule has 0 bridgehead atoms. The Morgan fingerprint density at radius 2 is 2.00 bits per heavy atom. The molecular weight excluding hydrogens is 293 g/mol. The van der Waals surface area contributed by atoms with Crippen molar-refractivity contribution in [3.63, 3.8) is 0 Å². The normalized spacial score (nSPS) is 14.3. The van der Waals surface area contributed by atoms with Crippen LogP contribution < -0.4 is 5.32 Å². The Kier molecular flexibility index (Phi) is 4.89. The molecule has 1 atom stereocenters. The number of carboxylic acid groups (broad SMARTS) is 1. The van der Waals surface area contributed by atoms with Gasteiger partial charge in [-0.2, -0.15) is 13.2 Å². The lowest BCUT2D eigenvalue weighted by atomic mass is 10.0. The van der Waals surface area contributed by atoms with E-state index >= 15 is 0 Å². The number of aliphatic carboxylic acids is 1. The van der Waals surface area contributed by atoms with Crippen LogP contribution in [0.5, 0.6) is 0 Å². The van der Waals surface area contributed by atoms with E-state index in [9.17, 15) is 22.8 Å². The monoisotopic (exact) mass is 306 g/mol. The maximum absolute atomic E-state index is 12.3. The Bertz CT molecular complexity index is 530. The van der Waals surface area contributed by atoms with Gasteiger partial charge >= 0.3 is 12.1 Å². The first-order valence-electron chi connectivity index (χ1n) is 5.68. The van der Waals surface area contributed by atoms with Gasteiger partial charge in [0.05, 0.1) is 12.2 Å². The number of nitrogens with one attached hydrogen (secondary N) is 1. The second kappa shape index (κ2) is 6.08. The summed E-state index contributed by atoms with van der Waals surface area (Å²) in [5.41, 5.74) is -3.03. The molecule has 0 aliphatic carbocycles.